The van der Waals surface area contributed by atoms with E-state index in [0.717, 1.165) is 16.7 Å². The Labute approximate surface area is 131 Å². The highest BCUT2D eigenvalue weighted by Gasteiger charge is 2.05. The second kappa shape index (κ2) is 8.57. The van der Waals surface area contributed by atoms with Gasteiger partial charge in [0.25, 0.3) is 0 Å². The first-order valence-corrected chi connectivity index (χ1v) is 7.27. The van der Waals surface area contributed by atoms with Crippen molar-refractivity contribution >= 4 is 18.1 Å². The first-order valence-electron chi connectivity index (χ1n) is 7.27. The number of carbonyl (C=O) groups excluding carboxylic acids is 1. The predicted molar refractivity (Wildman–Crippen MR) is 88.9 cm³/mol. The molecular formula is C19H19NO2. The molecule has 3 nitrogen and oxygen atoms in total. The van der Waals surface area contributed by atoms with Gasteiger partial charge in [0.1, 0.15) is 0 Å². The molecule has 0 aliphatic carbocycles. The second-order valence-electron chi connectivity index (χ2n) is 4.73. The van der Waals surface area contributed by atoms with Gasteiger partial charge in [-0.2, -0.15) is 0 Å². The zero-order valence-electron chi connectivity index (χ0n) is 12.6. The summed E-state index contributed by atoms with van der Waals surface area (Å²) in [5, 5.41) is 0. The molecule has 0 saturated carbocycles. The van der Waals surface area contributed by atoms with Gasteiger partial charge in [0.15, 0.2) is 0 Å². The van der Waals surface area contributed by atoms with Crippen LogP contribution in [0.5, 0.6) is 0 Å². The first kappa shape index (κ1) is 15.7. The third-order valence-corrected chi connectivity index (χ3v) is 2.98. The number of rotatable bonds is 6. The molecule has 112 valence electrons. The monoisotopic (exact) mass is 293 g/mol. The van der Waals surface area contributed by atoms with Crippen molar-refractivity contribution in [3.05, 3.63) is 77.6 Å². The zero-order valence-corrected chi connectivity index (χ0v) is 12.6. The number of pyridine rings is 1. The van der Waals surface area contributed by atoms with E-state index in [2.05, 4.69) is 4.98 Å². The molecule has 0 atom stereocenters. The van der Waals surface area contributed by atoms with E-state index in [0.29, 0.717) is 6.61 Å². The number of benzene rings is 1. The largest absolute Gasteiger partial charge is 0.466 e. The molecule has 2 rings (SSSR count). The Morgan fingerprint density at radius 1 is 1.14 bits per heavy atom. The number of allylic oxidation sites excluding steroid dienone is 1. The van der Waals surface area contributed by atoms with Gasteiger partial charge in [-0.1, -0.05) is 48.6 Å². The van der Waals surface area contributed by atoms with Crippen molar-refractivity contribution in [1.82, 2.24) is 4.98 Å². The zero-order chi connectivity index (χ0) is 15.6. The van der Waals surface area contributed by atoms with Crippen molar-refractivity contribution in [3.8, 4) is 0 Å². The van der Waals surface area contributed by atoms with Crippen LogP contribution in [0.3, 0.4) is 0 Å². The van der Waals surface area contributed by atoms with E-state index in [1.54, 1.807) is 12.4 Å². The quantitative estimate of drug-likeness (QED) is 0.594. The van der Waals surface area contributed by atoms with E-state index in [4.69, 9.17) is 4.74 Å². The lowest BCUT2D eigenvalue weighted by Crippen LogP contribution is -2.04. The maximum absolute atomic E-state index is 11.7. The molecule has 22 heavy (non-hydrogen) atoms. The molecule has 0 amide bonds. The molecule has 1 heterocycles. The third-order valence-electron chi connectivity index (χ3n) is 2.98. The van der Waals surface area contributed by atoms with Crippen LogP contribution in [0.4, 0.5) is 0 Å². The van der Waals surface area contributed by atoms with Crippen molar-refractivity contribution in [3.63, 3.8) is 0 Å². The van der Waals surface area contributed by atoms with Gasteiger partial charge in [0.05, 0.1) is 13.0 Å². The summed E-state index contributed by atoms with van der Waals surface area (Å²) in [5.41, 5.74) is 2.93. The van der Waals surface area contributed by atoms with E-state index < -0.39 is 0 Å². The predicted octanol–water partition coefficient (Wildman–Crippen LogP) is 4.13. The van der Waals surface area contributed by atoms with Crippen LogP contribution < -0.4 is 0 Å². The number of esters is 1. The minimum absolute atomic E-state index is 0.227. The smallest absolute Gasteiger partial charge is 0.310 e. The fraction of sp³-hybridized carbons (Fsp3) is 0.158. The molecule has 0 N–H and O–H groups in total. The van der Waals surface area contributed by atoms with Crippen LogP contribution in [-0.2, 0) is 9.53 Å². The fourth-order valence-electron chi connectivity index (χ4n) is 1.98. The Kier molecular flexibility index (Phi) is 6.12. The summed E-state index contributed by atoms with van der Waals surface area (Å²) in [4.78, 5) is 15.8. The average molecular weight is 293 g/mol. The van der Waals surface area contributed by atoms with Crippen LogP contribution in [0.1, 0.15) is 24.5 Å². The van der Waals surface area contributed by atoms with Crippen molar-refractivity contribution in [2.75, 3.05) is 6.61 Å². The summed E-state index contributed by atoms with van der Waals surface area (Å²) in [6.07, 6.45) is 9.61. The number of hydrogen-bond donors (Lipinski definition) is 0. The number of hydrogen-bond acceptors (Lipinski definition) is 3. The molecule has 0 aliphatic rings. The summed E-state index contributed by atoms with van der Waals surface area (Å²) < 4.78 is 5.03. The summed E-state index contributed by atoms with van der Waals surface area (Å²) in [5.74, 6) is -0.227. The van der Waals surface area contributed by atoms with E-state index in [9.17, 15) is 4.79 Å². The van der Waals surface area contributed by atoms with Gasteiger partial charge in [0, 0.05) is 12.4 Å². The highest BCUT2D eigenvalue weighted by Crippen LogP contribution is 2.14. The van der Waals surface area contributed by atoms with Gasteiger partial charge in [-0.05, 0) is 35.8 Å². The lowest BCUT2D eigenvalue weighted by molar-refractivity contribution is -0.142. The van der Waals surface area contributed by atoms with E-state index in [-0.39, 0.29) is 12.4 Å². The van der Waals surface area contributed by atoms with E-state index in [1.807, 2.05) is 67.6 Å². The van der Waals surface area contributed by atoms with Crippen LogP contribution in [0.15, 0.2) is 66.5 Å². The lowest BCUT2D eigenvalue weighted by atomic mass is 10.1. The van der Waals surface area contributed by atoms with Gasteiger partial charge in [-0.15, -0.1) is 0 Å². The Morgan fingerprint density at radius 3 is 2.59 bits per heavy atom. The van der Waals surface area contributed by atoms with Crippen molar-refractivity contribution in [1.29, 1.82) is 0 Å². The van der Waals surface area contributed by atoms with Crippen molar-refractivity contribution < 1.29 is 9.53 Å². The molecule has 1 aromatic heterocycles. The van der Waals surface area contributed by atoms with Crippen molar-refractivity contribution in [2.24, 2.45) is 0 Å². The molecule has 0 aliphatic heterocycles. The number of carbonyl (C=O) groups is 1. The second-order valence-corrected chi connectivity index (χ2v) is 4.73. The van der Waals surface area contributed by atoms with Gasteiger partial charge in [-0.3, -0.25) is 9.78 Å². The summed E-state index contributed by atoms with van der Waals surface area (Å²) in [7, 11) is 0. The Morgan fingerprint density at radius 2 is 1.91 bits per heavy atom. The van der Waals surface area contributed by atoms with Gasteiger partial charge in [-0.25, -0.2) is 0 Å². The SMILES string of the molecule is CCOC(=O)CC(/C=C/c1ccccc1)=C\c1cccnc1. The Bertz CT molecular complexity index is 646. The van der Waals surface area contributed by atoms with Crippen LogP contribution in [0.25, 0.3) is 12.2 Å². The molecule has 3 heteroatoms. The summed E-state index contributed by atoms with van der Waals surface area (Å²) >= 11 is 0. The van der Waals surface area contributed by atoms with Gasteiger partial charge >= 0.3 is 5.97 Å². The Hall–Kier alpha value is -2.68. The number of ether oxygens (including phenoxy) is 1. The fourth-order valence-corrected chi connectivity index (χ4v) is 1.98. The maximum atomic E-state index is 11.7. The molecule has 0 saturated heterocycles. The third kappa shape index (κ3) is 5.37. The molecule has 0 bridgehead atoms. The number of nitrogens with zero attached hydrogens (tertiary/aromatic N) is 1. The molecule has 2 aromatic rings. The van der Waals surface area contributed by atoms with E-state index in [1.165, 1.54) is 0 Å². The topological polar surface area (TPSA) is 39.2 Å². The summed E-state index contributed by atoms with van der Waals surface area (Å²) in [6.45, 7) is 2.20. The van der Waals surface area contributed by atoms with Gasteiger partial charge < -0.3 is 4.74 Å². The van der Waals surface area contributed by atoms with Crippen LogP contribution >= 0.6 is 0 Å². The number of aromatic nitrogens is 1. The Balaban J connectivity index is 2.19. The standard InChI is InChI=1S/C19H19NO2/c1-2-22-19(21)14-17(13-18-9-6-12-20-15-18)11-10-16-7-4-3-5-8-16/h3-13,15H,2,14H2,1H3/b11-10+,17-13-. The highest BCUT2D eigenvalue weighted by molar-refractivity contribution is 5.77. The average Bonchev–Trinajstić information content (AvgIpc) is 2.55. The van der Waals surface area contributed by atoms with Gasteiger partial charge in [0.2, 0.25) is 0 Å². The maximum Gasteiger partial charge on any atom is 0.310 e. The van der Waals surface area contributed by atoms with E-state index >= 15 is 0 Å². The first-order chi connectivity index (χ1) is 10.8. The molecular weight excluding hydrogens is 274 g/mol. The normalized spacial score (nSPS) is 11.6. The molecule has 0 fully saturated rings. The minimum atomic E-state index is -0.227. The van der Waals surface area contributed by atoms with Crippen LogP contribution in [0, 0.1) is 0 Å². The minimum Gasteiger partial charge on any atom is -0.466 e. The molecule has 1 aromatic carbocycles. The summed E-state index contributed by atoms with van der Waals surface area (Å²) in [6, 6.07) is 13.8. The molecule has 0 unspecified atom stereocenters. The van der Waals surface area contributed by atoms with Crippen LogP contribution in [0.2, 0.25) is 0 Å². The molecule has 0 spiro atoms. The van der Waals surface area contributed by atoms with Crippen molar-refractivity contribution in [2.45, 2.75) is 13.3 Å². The molecule has 0 radical (unpaired) electrons. The van der Waals surface area contributed by atoms with Crippen LogP contribution in [-0.4, -0.2) is 17.6 Å². The lowest BCUT2D eigenvalue weighted by Gasteiger charge is -2.04. The highest BCUT2D eigenvalue weighted by atomic mass is 16.5.